The summed E-state index contributed by atoms with van der Waals surface area (Å²) in [6.07, 6.45) is 0. The van der Waals surface area contributed by atoms with Crippen molar-refractivity contribution in [3.8, 4) is 17.0 Å². The van der Waals surface area contributed by atoms with Crippen LogP contribution in [-0.4, -0.2) is 31.2 Å². The number of aromatic hydroxyl groups is 1. The van der Waals surface area contributed by atoms with Crippen LogP contribution in [0.5, 0.6) is 5.75 Å². The highest BCUT2D eigenvalue weighted by Gasteiger charge is 2.22. The number of H-pyrrole nitrogens is 1. The SMILES string of the molecule is O=C(c1ccccc1O)c1n[nH]nc1-c1cccc([N+](=O)[O-])c1. The molecule has 8 nitrogen and oxygen atoms in total. The molecule has 0 fully saturated rings. The average Bonchev–Trinajstić information content (AvgIpc) is 3.04. The van der Waals surface area contributed by atoms with Gasteiger partial charge in [-0.1, -0.05) is 24.3 Å². The summed E-state index contributed by atoms with van der Waals surface area (Å²) in [7, 11) is 0. The van der Waals surface area contributed by atoms with Crippen molar-refractivity contribution < 1.29 is 14.8 Å². The molecule has 2 aromatic carbocycles. The van der Waals surface area contributed by atoms with Gasteiger partial charge >= 0.3 is 0 Å². The van der Waals surface area contributed by atoms with E-state index < -0.39 is 10.7 Å². The van der Waals surface area contributed by atoms with Gasteiger partial charge in [0.2, 0.25) is 5.78 Å². The molecule has 0 aliphatic heterocycles. The van der Waals surface area contributed by atoms with Crippen LogP contribution in [0, 0.1) is 10.1 Å². The van der Waals surface area contributed by atoms with Gasteiger partial charge in [-0.25, -0.2) is 0 Å². The molecule has 0 bridgehead atoms. The number of carbonyl (C=O) groups excluding carboxylic acids is 1. The molecule has 0 saturated heterocycles. The van der Waals surface area contributed by atoms with Gasteiger partial charge in [-0.2, -0.15) is 15.4 Å². The van der Waals surface area contributed by atoms with E-state index in [1.54, 1.807) is 18.2 Å². The molecule has 2 N–H and O–H groups in total. The Morgan fingerprint density at radius 3 is 2.65 bits per heavy atom. The summed E-state index contributed by atoms with van der Waals surface area (Å²) in [6, 6.07) is 11.8. The lowest BCUT2D eigenvalue weighted by Crippen LogP contribution is -2.04. The number of non-ortho nitro benzene ring substituents is 1. The smallest absolute Gasteiger partial charge is 0.270 e. The van der Waals surface area contributed by atoms with E-state index in [1.807, 2.05) is 0 Å². The maximum Gasteiger partial charge on any atom is 0.270 e. The van der Waals surface area contributed by atoms with Crippen molar-refractivity contribution in [2.24, 2.45) is 0 Å². The minimum absolute atomic E-state index is 0.0213. The number of hydrogen-bond donors (Lipinski definition) is 2. The van der Waals surface area contributed by atoms with Crippen molar-refractivity contribution in [2.45, 2.75) is 0 Å². The standard InChI is InChI=1S/C15H10N4O4/c20-12-7-2-1-6-11(12)15(21)14-13(16-18-17-14)9-4-3-5-10(8-9)19(22)23/h1-8,20H,(H,16,17,18). The molecule has 1 aromatic heterocycles. The largest absolute Gasteiger partial charge is 0.507 e. The highest BCUT2D eigenvalue weighted by Crippen LogP contribution is 2.27. The van der Waals surface area contributed by atoms with Gasteiger partial charge in [0.1, 0.15) is 11.4 Å². The van der Waals surface area contributed by atoms with E-state index in [0.29, 0.717) is 5.56 Å². The zero-order valence-electron chi connectivity index (χ0n) is 11.6. The lowest BCUT2D eigenvalue weighted by Gasteiger charge is -2.03. The predicted molar refractivity (Wildman–Crippen MR) is 80.0 cm³/mol. The molecule has 0 saturated carbocycles. The third kappa shape index (κ3) is 2.64. The maximum absolute atomic E-state index is 12.5. The van der Waals surface area contributed by atoms with Crippen LogP contribution in [0.1, 0.15) is 16.1 Å². The first-order chi connectivity index (χ1) is 11.1. The van der Waals surface area contributed by atoms with Gasteiger partial charge in [0.05, 0.1) is 10.5 Å². The molecule has 3 aromatic rings. The minimum atomic E-state index is -0.534. The van der Waals surface area contributed by atoms with E-state index in [0.717, 1.165) is 0 Å². The molecule has 0 aliphatic rings. The van der Waals surface area contributed by atoms with Crippen molar-refractivity contribution in [3.05, 3.63) is 69.9 Å². The second-order valence-corrected chi connectivity index (χ2v) is 4.67. The van der Waals surface area contributed by atoms with E-state index in [1.165, 1.54) is 30.3 Å². The van der Waals surface area contributed by atoms with Crippen molar-refractivity contribution in [2.75, 3.05) is 0 Å². The Labute approximate surface area is 129 Å². The first-order valence-electron chi connectivity index (χ1n) is 6.56. The van der Waals surface area contributed by atoms with Gasteiger partial charge in [-0.3, -0.25) is 14.9 Å². The molecule has 0 amide bonds. The van der Waals surface area contributed by atoms with Crippen LogP contribution in [0.3, 0.4) is 0 Å². The number of aromatic amines is 1. The van der Waals surface area contributed by atoms with Gasteiger partial charge in [0.25, 0.3) is 5.69 Å². The zero-order chi connectivity index (χ0) is 16.4. The fraction of sp³-hybridized carbons (Fsp3) is 0. The van der Waals surface area contributed by atoms with E-state index in [-0.39, 0.29) is 28.4 Å². The van der Waals surface area contributed by atoms with Crippen molar-refractivity contribution >= 4 is 11.5 Å². The van der Waals surface area contributed by atoms with Crippen LogP contribution in [0.2, 0.25) is 0 Å². The molecule has 0 atom stereocenters. The molecule has 0 spiro atoms. The third-order valence-corrected chi connectivity index (χ3v) is 3.24. The summed E-state index contributed by atoms with van der Waals surface area (Å²) in [5.74, 6) is -0.705. The van der Waals surface area contributed by atoms with E-state index in [2.05, 4.69) is 15.4 Å². The monoisotopic (exact) mass is 310 g/mol. The van der Waals surface area contributed by atoms with Gasteiger partial charge in [0.15, 0.2) is 5.69 Å². The van der Waals surface area contributed by atoms with Gasteiger partial charge in [-0.15, -0.1) is 0 Å². The zero-order valence-corrected chi connectivity index (χ0v) is 11.6. The fourth-order valence-electron chi connectivity index (χ4n) is 2.15. The molecule has 8 heteroatoms. The number of nitro benzene ring substituents is 1. The molecule has 3 rings (SSSR count). The Morgan fingerprint density at radius 2 is 1.91 bits per heavy atom. The fourth-order valence-corrected chi connectivity index (χ4v) is 2.15. The molecular weight excluding hydrogens is 300 g/mol. The number of para-hydroxylation sites is 1. The number of ketones is 1. The lowest BCUT2D eigenvalue weighted by molar-refractivity contribution is -0.384. The van der Waals surface area contributed by atoms with Gasteiger partial charge in [0, 0.05) is 17.7 Å². The number of carbonyl (C=O) groups is 1. The molecule has 23 heavy (non-hydrogen) atoms. The van der Waals surface area contributed by atoms with Crippen molar-refractivity contribution in [1.82, 2.24) is 15.4 Å². The number of nitrogens with zero attached hydrogens (tertiary/aromatic N) is 3. The summed E-state index contributed by atoms with van der Waals surface area (Å²) >= 11 is 0. The summed E-state index contributed by atoms with van der Waals surface area (Å²) in [6.45, 7) is 0. The summed E-state index contributed by atoms with van der Waals surface area (Å²) in [4.78, 5) is 22.9. The number of aromatic nitrogens is 3. The summed E-state index contributed by atoms with van der Waals surface area (Å²) in [5.41, 5.74) is 0.500. The van der Waals surface area contributed by atoms with Gasteiger partial charge < -0.3 is 5.11 Å². The maximum atomic E-state index is 12.5. The molecule has 0 radical (unpaired) electrons. The molecule has 114 valence electrons. The summed E-state index contributed by atoms with van der Waals surface area (Å²) in [5, 5.41) is 30.7. The highest BCUT2D eigenvalue weighted by molar-refractivity contribution is 6.12. The number of hydrogen-bond acceptors (Lipinski definition) is 6. The number of benzene rings is 2. The van der Waals surface area contributed by atoms with E-state index >= 15 is 0 Å². The van der Waals surface area contributed by atoms with Crippen LogP contribution >= 0.6 is 0 Å². The second kappa shape index (κ2) is 5.68. The van der Waals surface area contributed by atoms with Crippen LogP contribution in [-0.2, 0) is 0 Å². The summed E-state index contributed by atoms with van der Waals surface area (Å²) < 4.78 is 0. The topological polar surface area (TPSA) is 122 Å². The first kappa shape index (κ1) is 14.4. The third-order valence-electron chi connectivity index (χ3n) is 3.24. The molecule has 0 unspecified atom stereocenters. The van der Waals surface area contributed by atoms with Crippen LogP contribution in [0.4, 0.5) is 5.69 Å². The highest BCUT2D eigenvalue weighted by atomic mass is 16.6. The Morgan fingerprint density at radius 1 is 1.13 bits per heavy atom. The number of rotatable bonds is 4. The molecular formula is C15H10N4O4. The Bertz CT molecular complexity index is 904. The van der Waals surface area contributed by atoms with Crippen LogP contribution in [0.25, 0.3) is 11.3 Å². The number of nitrogens with one attached hydrogen (secondary N) is 1. The normalized spacial score (nSPS) is 10.4. The Kier molecular flexibility index (Phi) is 3.55. The predicted octanol–water partition coefficient (Wildman–Crippen LogP) is 2.32. The Balaban J connectivity index is 2.07. The van der Waals surface area contributed by atoms with Crippen molar-refractivity contribution in [3.63, 3.8) is 0 Å². The lowest BCUT2D eigenvalue weighted by atomic mass is 10.0. The number of phenolic OH excluding ortho intramolecular Hbond substituents is 1. The minimum Gasteiger partial charge on any atom is -0.507 e. The van der Waals surface area contributed by atoms with E-state index in [9.17, 15) is 20.0 Å². The second-order valence-electron chi connectivity index (χ2n) is 4.67. The van der Waals surface area contributed by atoms with Crippen LogP contribution < -0.4 is 0 Å². The first-order valence-corrected chi connectivity index (χ1v) is 6.56. The molecule has 1 heterocycles. The van der Waals surface area contributed by atoms with Gasteiger partial charge in [-0.05, 0) is 12.1 Å². The molecule has 0 aliphatic carbocycles. The number of phenols is 1. The van der Waals surface area contributed by atoms with Crippen LogP contribution in [0.15, 0.2) is 48.5 Å². The van der Waals surface area contributed by atoms with Crippen molar-refractivity contribution in [1.29, 1.82) is 0 Å². The Hall–Kier alpha value is -3.55. The number of nitro groups is 1. The average molecular weight is 310 g/mol. The van der Waals surface area contributed by atoms with E-state index in [4.69, 9.17) is 0 Å². The quantitative estimate of drug-likeness (QED) is 0.433.